The van der Waals surface area contributed by atoms with E-state index >= 15 is 0 Å². The smallest absolute Gasteiger partial charge is 0.326 e. The van der Waals surface area contributed by atoms with Gasteiger partial charge in [0.1, 0.15) is 24.2 Å². The maximum absolute atomic E-state index is 13.3. The molecule has 8 nitrogen and oxygen atoms in total. The maximum Gasteiger partial charge on any atom is 0.326 e. The van der Waals surface area contributed by atoms with E-state index in [0.717, 1.165) is 24.8 Å². The van der Waals surface area contributed by atoms with Crippen molar-refractivity contribution in [3.05, 3.63) is 82.3 Å². The van der Waals surface area contributed by atoms with E-state index in [1.165, 1.54) is 16.3 Å². The molecule has 1 aromatic heterocycles. The number of hydrogen-bond acceptors (Lipinski definition) is 6. The number of nitrogens with one attached hydrogen (secondary N) is 2. The molecule has 2 N–H and O–H groups in total. The van der Waals surface area contributed by atoms with Gasteiger partial charge in [0.05, 0.1) is 12.2 Å². The number of aryl methyl sites for hydroxylation is 1. The molecule has 8 heteroatoms. The number of anilines is 1. The highest BCUT2D eigenvalue weighted by molar-refractivity contribution is 5.94. The standard InChI is InChI=1S/C26H28N4O4/c1-17(27-2)25(32)29-21-15-28-24(19-10-4-3-5-11-19)30(26(21)33)16-23(31)34-22-14-8-12-18-9-6-7-13-20(18)22/h3-7,9-11,13,15,17,22,27H,8,12,14,16H2,1-2H3,(H,29,32)/t17-,22?/m0/s1. The molecule has 1 unspecified atom stereocenters. The number of nitrogens with zero attached hydrogens (tertiary/aromatic N) is 2. The highest BCUT2D eigenvalue weighted by Crippen LogP contribution is 2.32. The lowest BCUT2D eigenvalue weighted by molar-refractivity contribution is -0.151. The van der Waals surface area contributed by atoms with Gasteiger partial charge in [0.2, 0.25) is 5.91 Å². The van der Waals surface area contributed by atoms with Crippen LogP contribution in [0.25, 0.3) is 11.4 Å². The number of carbonyl (C=O) groups is 2. The van der Waals surface area contributed by atoms with E-state index in [1.54, 1.807) is 14.0 Å². The summed E-state index contributed by atoms with van der Waals surface area (Å²) in [4.78, 5) is 43.0. The first-order chi connectivity index (χ1) is 16.5. The fourth-order valence-electron chi connectivity index (χ4n) is 4.07. The molecule has 1 aliphatic carbocycles. The Morgan fingerprint density at radius 3 is 2.65 bits per heavy atom. The van der Waals surface area contributed by atoms with Gasteiger partial charge in [0.25, 0.3) is 5.56 Å². The first kappa shape index (κ1) is 23.4. The molecule has 0 bridgehead atoms. The molecule has 176 valence electrons. The molecule has 2 aromatic carbocycles. The van der Waals surface area contributed by atoms with Gasteiger partial charge >= 0.3 is 5.97 Å². The average Bonchev–Trinajstić information content (AvgIpc) is 2.86. The van der Waals surface area contributed by atoms with Gasteiger partial charge in [-0.15, -0.1) is 0 Å². The zero-order valence-electron chi connectivity index (χ0n) is 19.3. The van der Waals surface area contributed by atoms with Crippen molar-refractivity contribution in [2.24, 2.45) is 0 Å². The van der Waals surface area contributed by atoms with Crippen molar-refractivity contribution in [2.75, 3.05) is 12.4 Å². The summed E-state index contributed by atoms with van der Waals surface area (Å²) in [5.41, 5.74) is 2.35. The molecule has 0 saturated carbocycles. The summed E-state index contributed by atoms with van der Waals surface area (Å²) in [5.74, 6) is -0.581. The molecule has 0 aliphatic heterocycles. The number of carbonyl (C=O) groups excluding carboxylic acids is 2. The second-order valence-corrected chi connectivity index (χ2v) is 8.32. The highest BCUT2D eigenvalue weighted by atomic mass is 16.5. The Balaban J connectivity index is 1.63. The van der Waals surface area contributed by atoms with Gasteiger partial charge in [-0.3, -0.25) is 19.0 Å². The molecular weight excluding hydrogens is 432 g/mol. The molecule has 0 spiro atoms. The Bertz CT molecular complexity index is 1240. The van der Waals surface area contributed by atoms with E-state index in [-0.39, 0.29) is 24.2 Å². The first-order valence-electron chi connectivity index (χ1n) is 11.4. The van der Waals surface area contributed by atoms with E-state index < -0.39 is 17.6 Å². The van der Waals surface area contributed by atoms with Crippen LogP contribution in [-0.2, 0) is 27.3 Å². The molecule has 0 saturated heterocycles. The van der Waals surface area contributed by atoms with Crippen molar-refractivity contribution < 1.29 is 14.3 Å². The van der Waals surface area contributed by atoms with E-state index in [0.29, 0.717) is 11.4 Å². The number of esters is 1. The Morgan fingerprint density at radius 2 is 1.88 bits per heavy atom. The van der Waals surface area contributed by atoms with Crippen LogP contribution < -0.4 is 16.2 Å². The van der Waals surface area contributed by atoms with E-state index in [9.17, 15) is 14.4 Å². The Hall–Kier alpha value is -3.78. The van der Waals surface area contributed by atoms with E-state index in [4.69, 9.17) is 4.74 Å². The summed E-state index contributed by atoms with van der Waals surface area (Å²) in [6.45, 7) is 1.36. The van der Waals surface area contributed by atoms with Crippen LogP contribution in [0, 0.1) is 0 Å². The normalized spacial score (nSPS) is 15.8. The van der Waals surface area contributed by atoms with Gasteiger partial charge in [0, 0.05) is 5.56 Å². The van der Waals surface area contributed by atoms with Crippen molar-refractivity contribution in [1.29, 1.82) is 0 Å². The molecule has 4 rings (SSSR count). The average molecular weight is 461 g/mol. The molecule has 2 atom stereocenters. The largest absolute Gasteiger partial charge is 0.456 e. The lowest BCUT2D eigenvalue weighted by Crippen LogP contribution is -2.38. The monoisotopic (exact) mass is 460 g/mol. The number of ether oxygens (including phenoxy) is 1. The third-order valence-corrected chi connectivity index (χ3v) is 6.04. The van der Waals surface area contributed by atoms with Gasteiger partial charge < -0.3 is 15.4 Å². The number of benzene rings is 2. The predicted octanol–water partition coefficient (Wildman–Crippen LogP) is 3.08. The van der Waals surface area contributed by atoms with Gasteiger partial charge in [-0.2, -0.15) is 0 Å². The summed E-state index contributed by atoms with van der Waals surface area (Å²) in [5, 5.41) is 5.42. The van der Waals surface area contributed by atoms with Crippen LogP contribution >= 0.6 is 0 Å². The summed E-state index contributed by atoms with van der Waals surface area (Å²) in [6, 6.07) is 16.6. The number of aromatic nitrogens is 2. The van der Waals surface area contributed by atoms with Crippen molar-refractivity contribution >= 4 is 17.6 Å². The first-order valence-corrected chi connectivity index (χ1v) is 11.4. The third kappa shape index (κ3) is 5.07. The van der Waals surface area contributed by atoms with Crippen molar-refractivity contribution in [3.63, 3.8) is 0 Å². The minimum Gasteiger partial charge on any atom is -0.456 e. The fourth-order valence-corrected chi connectivity index (χ4v) is 4.07. The predicted molar refractivity (Wildman–Crippen MR) is 129 cm³/mol. The Kier molecular flexibility index (Phi) is 7.18. The number of fused-ring (bicyclic) bond motifs is 1. The van der Waals surface area contributed by atoms with Crippen LogP contribution in [-0.4, -0.2) is 34.5 Å². The number of rotatable bonds is 7. The summed E-state index contributed by atoms with van der Waals surface area (Å²) >= 11 is 0. The van der Waals surface area contributed by atoms with Crippen LogP contribution in [0.4, 0.5) is 5.69 Å². The van der Waals surface area contributed by atoms with Crippen LogP contribution in [0.1, 0.15) is 37.0 Å². The van der Waals surface area contributed by atoms with Gasteiger partial charge in [0.15, 0.2) is 0 Å². The molecule has 1 aliphatic rings. The topological polar surface area (TPSA) is 102 Å². The number of likely N-dealkylation sites (N-methyl/N-ethyl adjacent to an activating group) is 1. The molecule has 34 heavy (non-hydrogen) atoms. The Labute approximate surface area is 198 Å². The zero-order chi connectivity index (χ0) is 24.1. The molecule has 3 aromatic rings. The van der Waals surface area contributed by atoms with Crippen LogP contribution in [0.3, 0.4) is 0 Å². The molecule has 0 fully saturated rings. The van der Waals surface area contributed by atoms with Crippen LogP contribution in [0.2, 0.25) is 0 Å². The SMILES string of the molecule is CN[C@@H](C)C(=O)Nc1cnc(-c2ccccc2)n(CC(=O)OC2CCCc3ccccc32)c1=O. The summed E-state index contributed by atoms with van der Waals surface area (Å²) in [7, 11) is 1.65. The minimum absolute atomic E-state index is 0.00240. The zero-order valence-corrected chi connectivity index (χ0v) is 19.3. The highest BCUT2D eigenvalue weighted by Gasteiger charge is 2.25. The van der Waals surface area contributed by atoms with Crippen molar-refractivity contribution in [2.45, 2.75) is 44.9 Å². The number of hydrogen-bond donors (Lipinski definition) is 2. The van der Waals surface area contributed by atoms with Gasteiger partial charge in [-0.05, 0) is 44.4 Å². The van der Waals surface area contributed by atoms with E-state index in [1.807, 2.05) is 48.5 Å². The van der Waals surface area contributed by atoms with Crippen LogP contribution in [0.5, 0.6) is 0 Å². The minimum atomic E-state index is -0.533. The quantitative estimate of drug-likeness (QED) is 0.526. The van der Waals surface area contributed by atoms with Crippen molar-refractivity contribution in [1.82, 2.24) is 14.9 Å². The third-order valence-electron chi connectivity index (χ3n) is 6.04. The maximum atomic E-state index is 13.3. The molecule has 1 heterocycles. The fraction of sp³-hybridized carbons (Fsp3) is 0.308. The molecule has 0 radical (unpaired) electrons. The van der Waals surface area contributed by atoms with Gasteiger partial charge in [-0.1, -0.05) is 54.6 Å². The van der Waals surface area contributed by atoms with Gasteiger partial charge in [-0.25, -0.2) is 4.98 Å². The van der Waals surface area contributed by atoms with E-state index in [2.05, 4.69) is 21.7 Å². The second kappa shape index (κ2) is 10.4. The molecular formula is C26H28N4O4. The Morgan fingerprint density at radius 1 is 1.15 bits per heavy atom. The van der Waals surface area contributed by atoms with Crippen LogP contribution in [0.15, 0.2) is 65.6 Å². The summed E-state index contributed by atoms with van der Waals surface area (Å²) in [6.07, 6.45) is 3.60. The molecule has 1 amide bonds. The van der Waals surface area contributed by atoms with Crippen molar-refractivity contribution in [3.8, 4) is 11.4 Å². The lowest BCUT2D eigenvalue weighted by Gasteiger charge is -2.25. The lowest BCUT2D eigenvalue weighted by atomic mass is 9.89. The second-order valence-electron chi connectivity index (χ2n) is 8.32. The summed E-state index contributed by atoms with van der Waals surface area (Å²) < 4.78 is 7.08. The number of amides is 1.